The third-order valence-corrected chi connectivity index (χ3v) is 2.62. The molecule has 2 rings (SSSR count). The van der Waals surface area contributed by atoms with Crippen LogP contribution in [0.2, 0.25) is 0 Å². The highest BCUT2D eigenvalue weighted by molar-refractivity contribution is 9.10. The van der Waals surface area contributed by atoms with E-state index in [0.29, 0.717) is 0 Å². The van der Waals surface area contributed by atoms with Crippen LogP contribution in [0.3, 0.4) is 0 Å². The average Bonchev–Trinajstić information content (AvgIpc) is 2.48. The summed E-state index contributed by atoms with van der Waals surface area (Å²) in [5.74, 6) is 0. The summed E-state index contributed by atoms with van der Waals surface area (Å²) < 4.78 is 1.12. The zero-order valence-corrected chi connectivity index (χ0v) is 8.35. The summed E-state index contributed by atoms with van der Waals surface area (Å²) in [7, 11) is 0. The summed E-state index contributed by atoms with van der Waals surface area (Å²) in [4.78, 5) is 7.30. The Labute approximate surface area is 79.1 Å². The Morgan fingerprint density at radius 2 is 2.33 bits per heavy atom. The van der Waals surface area contributed by atoms with E-state index in [9.17, 15) is 0 Å². The molecule has 0 atom stereocenters. The van der Waals surface area contributed by atoms with Crippen LogP contribution in [0.4, 0.5) is 0 Å². The molecule has 0 radical (unpaired) electrons. The Kier molecular flexibility index (Phi) is 1.89. The second-order valence-corrected chi connectivity index (χ2v) is 3.57. The van der Waals surface area contributed by atoms with Gasteiger partial charge in [0.1, 0.15) is 0 Å². The minimum atomic E-state index is 1.01. The molecule has 2 heterocycles. The number of H-pyrrole nitrogens is 1. The van der Waals surface area contributed by atoms with Gasteiger partial charge in [-0.25, -0.2) is 0 Å². The van der Waals surface area contributed by atoms with Gasteiger partial charge in [-0.15, -0.1) is 0 Å². The minimum Gasteiger partial charge on any atom is -0.359 e. The molecule has 3 heteroatoms. The van der Waals surface area contributed by atoms with E-state index in [1.807, 2.05) is 18.6 Å². The predicted octanol–water partition coefficient (Wildman–Crippen LogP) is 2.89. The van der Waals surface area contributed by atoms with Crippen LogP contribution in [0.25, 0.3) is 10.9 Å². The molecule has 0 spiro atoms. The largest absolute Gasteiger partial charge is 0.359 e. The molecule has 0 unspecified atom stereocenters. The van der Waals surface area contributed by atoms with Crippen LogP contribution in [-0.2, 0) is 6.42 Å². The number of hydrogen-bond acceptors (Lipinski definition) is 1. The third-order valence-electron chi connectivity index (χ3n) is 2.00. The molecule has 0 aromatic carbocycles. The second kappa shape index (κ2) is 2.90. The van der Waals surface area contributed by atoms with Gasteiger partial charge in [0, 0.05) is 22.3 Å². The van der Waals surface area contributed by atoms with Crippen LogP contribution < -0.4 is 0 Å². The van der Waals surface area contributed by atoms with Crippen molar-refractivity contribution < 1.29 is 0 Å². The van der Waals surface area contributed by atoms with Crippen LogP contribution in [0.5, 0.6) is 0 Å². The number of halogens is 1. The molecule has 1 N–H and O–H groups in total. The lowest BCUT2D eigenvalue weighted by atomic mass is 10.1. The molecule has 12 heavy (non-hydrogen) atoms. The van der Waals surface area contributed by atoms with Gasteiger partial charge in [0.25, 0.3) is 0 Å². The first-order valence-electron chi connectivity index (χ1n) is 3.92. The number of hydrogen-bond donors (Lipinski definition) is 1. The minimum absolute atomic E-state index is 1.01. The number of pyridine rings is 1. The van der Waals surface area contributed by atoms with Crippen molar-refractivity contribution in [2.45, 2.75) is 13.3 Å². The highest BCUT2D eigenvalue weighted by Crippen LogP contribution is 2.26. The molecular formula is C9H9BrN2. The van der Waals surface area contributed by atoms with Crippen molar-refractivity contribution in [2.75, 3.05) is 0 Å². The second-order valence-electron chi connectivity index (χ2n) is 2.71. The number of aromatic amines is 1. The molecule has 0 saturated heterocycles. The topological polar surface area (TPSA) is 28.7 Å². The Bertz CT molecular complexity index is 406. The summed E-state index contributed by atoms with van der Waals surface area (Å²) in [6, 6.07) is 0. The number of fused-ring (bicyclic) bond motifs is 1. The van der Waals surface area contributed by atoms with Gasteiger partial charge in [-0.3, -0.25) is 4.98 Å². The average molecular weight is 225 g/mol. The molecule has 2 aromatic heterocycles. The standard InChI is InChI=1S/C9H9BrN2/c1-2-6-3-11-5-8-9(6)7(10)4-12-8/h3-5,12H,2H2,1H3. The lowest BCUT2D eigenvalue weighted by molar-refractivity contribution is 1.13. The Hall–Kier alpha value is -0.830. The molecule has 0 saturated carbocycles. The van der Waals surface area contributed by atoms with E-state index in [4.69, 9.17) is 0 Å². The molecule has 62 valence electrons. The zero-order chi connectivity index (χ0) is 8.55. The van der Waals surface area contributed by atoms with Crippen LogP contribution in [-0.4, -0.2) is 9.97 Å². The summed E-state index contributed by atoms with van der Waals surface area (Å²) >= 11 is 3.50. The van der Waals surface area contributed by atoms with E-state index >= 15 is 0 Å². The van der Waals surface area contributed by atoms with Gasteiger partial charge in [-0.05, 0) is 27.9 Å². The number of nitrogens with one attached hydrogen (secondary N) is 1. The van der Waals surface area contributed by atoms with Crippen molar-refractivity contribution in [1.29, 1.82) is 0 Å². The van der Waals surface area contributed by atoms with Crippen LogP contribution >= 0.6 is 15.9 Å². The van der Waals surface area contributed by atoms with Gasteiger partial charge in [-0.1, -0.05) is 6.92 Å². The van der Waals surface area contributed by atoms with Gasteiger partial charge in [0.05, 0.1) is 11.7 Å². The van der Waals surface area contributed by atoms with E-state index in [1.165, 1.54) is 10.9 Å². The van der Waals surface area contributed by atoms with Crippen molar-refractivity contribution >= 4 is 26.8 Å². The monoisotopic (exact) mass is 224 g/mol. The molecule has 0 aliphatic carbocycles. The van der Waals surface area contributed by atoms with Crippen LogP contribution in [0.1, 0.15) is 12.5 Å². The maximum Gasteiger partial charge on any atom is 0.0654 e. The number of aromatic nitrogens is 2. The van der Waals surface area contributed by atoms with E-state index in [1.54, 1.807) is 0 Å². The summed E-state index contributed by atoms with van der Waals surface area (Å²) in [5.41, 5.74) is 2.38. The number of nitrogens with zero attached hydrogens (tertiary/aromatic N) is 1. The number of aryl methyl sites for hydroxylation is 1. The van der Waals surface area contributed by atoms with Gasteiger partial charge < -0.3 is 4.98 Å². The SMILES string of the molecule is CCc1cncc2[nH]cc(Br)c12. The lowest BCUT2D eigenvalue weighted by Gasteiger charge is -1.97. The van der Waals surface area contributed by atoms with Gasteiger partial charge in [0.15, 0.2) is 0 Å². The van der Waals surface area contributed by atoms with Crippen molar-refractivity contribution in [3.63, 3.8) is 0 Å². The highest BCUT2D eigenvalue weighted by Gasteiger charge is 2.04. The molecule has 2 aromatic rings. The fourth-order valence-corrected chi connectivity index (χ4v) is 1.96. The Morgan fingerprint density at radius 1 is 1.50 bits per heavy atom. The first-order chi connectivity index (χ1) is 5.83. The smallest absolute Gasteiger partial charge is 0.0654 e. The molecule has 0 amide bonds. The normalized spacial score (nSPS) is 10.8. The van der Waals surface area contributed by atoms with E-state index in [2.05, 4.69) is 32.8 Å². The maximum absolute atomic E-state index is 4.14. The fraction of sp³-hybridized carbons (Fsp3) is 0.222. The summed E-state index contributed by atoms with van der Waals surface area (Å²) in [5, 5.41) is 1.26. The van der Waals surface area contributed by atoms with Crippen molar-refractivity contribution in [3.05, 3.63) is 28.6 Å². The summed E-state index contributed by atoms with van der Waals surface area (Å²) in [6.45, 7) is 2.13. The molecule has 2 nitrogen and oxygen atoms in total. The zero-order valence-electron chi connectivity index (χ0n) is 6.76. The van der Waals surface area contributed by atoms with Crippen molar-refractivity contribution in [3.8, 4) is 0 Å². The van der Waals surface area contributed by atoms with Crippen molar-refractivity contribution in [2.24, 2.45) is 0 Å². The third kappa shape index (κ3) is 1.05. The first kappa shape index (κ1) is 7.80. The quantitative estimate of drug-likeness (QED) is 0.794. The molecule has 0 fully saturated rings. The van der Waals surface area contributed by atoms with Gasteiger partial charge in [0.2, 0.25) is 0 Å². The van der Waals surface area contributed by atoms with Crippen molar-refractivity contribution in [1.82, 2.24) is 9.97 Å². The fourth-order valence-electron chi connectivity index (χ4n) is 1.38. The maximum atomic E-state index is 4.14. The Morgan fingerprint density at radius 3 is 3.08 bits per heavy atom. The Balaban J connectivity index is 2.84. The lowest BCUT2D eigenvalue weighted by Crippen LogP contribution is -1.83. The molecule has 0 aliphatic rings. The first-order valence-corrected chi connectivity index (χ1v) is 4.71. The highest BCUT2D eigenvalue weighted by atomic mass is 79.9. The van der Waals surface area contributed by atoms with Crippen LogP contribution in [0.15, 0.2) is 23.1 Å². The van der Waals surface area contributed by atoms with Gasteiger partial charge >= 0.3 is 0 Å². The van der Waals surface area contributed by atoms with Gasteiger partial charge in [-0.2, -0.15) is 0 Å². The van der Waals surface area contributed by atoms with E-state index < -0.39 is 0 Å². The molecule has 0 aliphatic heterocycles. The molecular weight excluding hydrogens is 216 g/mol. The number of rotatable bonds is 1. The van der Waals surface area contributed by atoms with E-state index in [-0.39, 0.29) is 0 Å². The van der Waals surface area contributed by atoms with E-state index in [0.717, 1.165) is 16.4 Å². The van der Waals surface area contributed by atoms with Crippen LogP contribution in [0, 0.1) is 0 Å². The predicted molar refractivity (Wildman–Crippen MR) is 53.2 cm³/mol. The summed E-state index contributed by atoms with van der Waals surface area (Å²) in [6.07, 6.45) is 6.73. The molecule has 0 bridgehead atoms.